The fraction of sp³-hybridized carbons (Fsp3) is 0.364. The van der Waals surface area contributed by atoms with Gasteiger partial charge in [0, 0.05) is 6.21 Å². The van der Waals surface area contributed by atoms with E-state index in [1.807, 2.05) is 39.8 Å². The summed E-state index contributed by atoms with van der Waals surface area (Å²) in [7, 11) is 0. The van der Waals surface area contributed by atoms with Gasteiger partial charge in [-0.05, 0) is 45.4 Å². The van der Waals surface area contributed by atoms with Crippen molar-refractivity contribution in [2.75, 3.05) is 0 Å². The normalized spacial score (nSPS) is 13.5. The number of ether oxygens (including phenoxy) is 1. The van der Waals surface area contributed by atoms with Crippen LogP contribution in [0.2, 0.25) is 0 Å². The molecule has 0 aromatic heterocycles. The summed E-state index contributed by atoms with van der Waals surface area (Å²) in [6.45, 7) is 11.3. The van der Waals surface area contributed by atoms with Gasteiger partial charge in [-0.15, -0.1) is 0 Å². The maximum Gasteiger partial charge on any atom is 0.214 e. The lowest BCUT2D eigenvalue weighted by Crippen LogP contribution is -1.88. The molecule has 0 aliphatic heterocycles. The van der Waals surface area contributed by atoms with Gasteiger partial charge < -0.3 is 4.74 Å². The molecule has 0 saturated heterocycles. The third-order valence-electron chi connectivity index (χ3n) is 1.33. The molecule has 0 unspecified atom stereocenters. The average molecular weight is 179 g/mol. The molecule has 0 saturated carbocycles. The van der Waals surface area contributed by atoms with Crippen molar-refractivity contribution in [1.82, 2.24) is 0 Å². The van der Waals surface area contributed by atoms with Crippen LogP contribution < -0.4 is 0 Å². The Balaban J connectivity index is 4.31. The second-order valence-corrected chi connectivity index (χ2v) is 2.73. The second kappa shape index (κ2) is 6.23. The molecule has 0 N–H and O–H groups in total. The highest BCUT2D eigenvalue weighted by molar-refractivity contribution is 5.77. The lowest BCUT2D eigenvalue weighted by molar-refractivity contribution is 0.303. The SMILES string of the molecule is C=C(C)/C=N\C(=C/C)O/C(C)=C/C. The van der Waals surface area contributed by atoms with Gasteiger partial charge >= 0.3 is 0 Å². The minimum atomic E-state index is 0.596. The Morgan fingerprint density at radius 1 is 1.23 bits per heavy atom. The van der Waals surface area contributed by atoms with Gasteiger partial charge in [0.1, 0.15) is 0 Å². The second-order valence-electron chi connectivity index (χ2n) is 2.73. The van der Waals surface area contributed by atoms with E-state index < -0.39 is 0 Å². The van der Waals surface area contributed by atoms with Crippen LogP contribution in [-0.2, 0) is 4.74 Å². The van der Waals surface area contributed by atoms with Gasteiger partial charge in [0.25, 0.3) is 0 Å². The highest BCUT2D eigenvalue weighted by Crippen LogP contribution is 2.06. The van der Waals surface area contributed by atoms with Crippen LogP contribution in [0.3, 0.4) is 0 Å². The van der Waals surface area contributed by atoms with Crippen molar-refractivity contribution in [2.45, 2.75) is 27.7 Å². The quantitative estimate of drug-likeness (QED) is 0.478. The molecule has 0 aliphatic rings. The Labute approximate surface area is 80.3 Å². The first-order valence-electron chi connectivity index (χ1n) is 4.26. The molecule has 2 nitrogen and oxygen atoms in total. The summed E-state index contributed by atoms with van der Waals surface area (Å²) in [6, 6.07) is 0. The van der Waals surface area contributed by atoms with E-state index in [9.17, 15) is 0 Å². The van der Waals surface area contributed by atoms with E-state index in [4.69, 9.17) is 4.74 Å². The van der Waals surface area contributed by atoms with Crippen LogP contribution in [0.1, 0.15) is 27.7 Å². The average Bonchev–Trinajstić information content (AvgIpc) is 2.11. The topological polar surface area (TPSA) is 21.6 Å². The molecule has 13 heavy (non-hydrogen) atoms. The van der Waals surface area contributed by atoms with Crippen LogP contribution in [0.15, 0.2) is 40.9 Å². The molecule has 2 heteroatoms. The molecule has 0 aromatic rings. The van der Waals surface area contributed by atoms with Gasteiger partial charge in [-0.1, -0.05) is 6.58 Å². The van der Waals surface area contributed by atoms with Gasteiger partial charge in [-0.2, -0.15) is 0 Å². The van der Waals surface area contributed by atoms with Gasteiger partial charge in [0.15, 0.2) is 0 Å². The largest absolute Gasteiger partial charge is 0.444 e. The zero-order chi connectivity index (χ0) is 10.3. The molecule has 0 spiro atoms. The number of hydrogen-bond donors (Lipinski definition) is 0. The van der Waals surface area contributed by atoms with E-state index >= 15 is 0 Å². The van der Waals surface area contributed by atoms with Crippen molar-refractivity contribution in [3.8, 4) is 0 Å². The third-order valence-corrected chi connectivity index (χ3v) is 1.33. The summed E-state index contributed by atoms with van der Waals surface area (Å²) < 4.78 is 5.38. The minimum absolute atomic E-state index is 0.596. The van der Waals surface area contributed by atoms with E-state index in [0.29, 0.717) is 5.88 Å². The summed E-state index contributed by atoms with van der Waals surface area (Å²) in [5.41, 5.74) is 0.904. The lowest BCUT2D eigenvalue weighted by atomic mass is 10.4. The smallest absolute Gasteiger partial charge is 0.214 e. The summed E-state index contributed by atoms with van der Waals surface area (Å²) in [4.78, 5) is 4.10. The Bertz CT molecular complexity index is 259. The fourth-order valence-electron chi connectivity index (χ4n) is 0.557. The fourth-order valence-corrected chi connectivity index (χ4v) is 0.557. The van der Waals surface area contributed by atoms with Crippen molar-refractivity contribution in [1.29, 1.82) is 0 Å². The summed E-state index contributed by atoms with van der Waals surface area (Å²) in [5, 5.41) is 0. The first-order chi connectivity index (χ1) is 6.10. The van der Waals surface area contributed by atoms with E-state index in [2.05, 4.69) is 11.6 Å². The molecule has 0 heterocycles. The third kappa shape index (κ3) is 5.91. The summed E-state index contributed by atoms with van der Waals surface area (Å²) in [5.74, 6) is 1.44. The number of aliphatic imine (C=N–C) groups is 1. The Morgan fingerprint density at radius 3 is 2.23 bits per heavy atom. The number of allylic oxidation sites excluding steroid dienone is 4. The molecule has 0 rings (SSSR count). The van der Waals surface area contributed by atoms with Crippen LogP contribution in [0.4, 0.5) is 0 Å². The highest BCUT2D eigenvalue weighted by Gasteiger charge is 1.93. The van der Waals surface area contributed by atoms with Gasteiger partial charge in [0.05, 0.1) is 5.76 Å². The molecule has 0 atom stereocenters. The molecule has 0 fully saturated rings. The summed E-state index contributed by atoms with van der Waals surface area (Å²) in [6.07, 6.45) is 5.38. The van der Waals surface area contributed by atoms with E-state index in [1.54, 1.807) is 6.21 Å². The molecule has 0 amide bonds. The summed E-state index contributed by atoms with van der Waals surface area (Å²) >= 11 is 0. The number of rotatable bonds is 4. The van der Waals surface area contributed by atoms with Crippen LogP contribution in [0, 0.1) is 0 Å². The van der Waals surface area contributed by atoms with Crippen molar-refractivity contribution in [2.24, 2.45) is 4.99 Å². The molecule has 0 aliphatic carbocycles. The zero-order valence-corrected chi connectivity index (χ0v) is 8.79. The molecular weight excluding hydrogens is 162 g/mol. The van der Waals surface area contributed by atoms with E-state index in [0.717, 1.165) is 11.3 Å². The van der Waals surface area contributed by atoms with E-state index in [-0.39, 0.29) is 0 Å². The molecule has 0 radical (unpaired) electrons. The first kappa shape index (κ1) is 11.7. The van der Waals surface area contributed by atoms with Gasteiger partial charge in [0.2, 0.25) is 5.88 Å². The maximum absolute atomic E-state index is 5.38. The monoisotopic (exact) mass is 179 g/mol. The standard InChI is InChI=1S/C11H17NO/c1-6-10(5)13-11(7-2)12-8-9(3)4/h6-8H,3H2,1-2,4-5H3/b10-6+,11-7+,12-8-. The number of nitrogens with zero attached hydrogens (tertiary/aromatic N) is 1. The van der Waals surface area contributed by atoms with Crippen molar-refractivity contribution in [3.05, 3.63) is 35.9 Å². The van der Waals surface area contributed by atoms with Gasteiger partial charge in [-0.3, -0.25) is 0 Å². The molecule has 0 aromatic carbocycles. The van der Waals surface area contributed by atoms with E-state index in [1.165, 1.54) is 0 Å². The molecular formula is C11H17NO. The predicted octanol–water partition coefficient (Wildman–Crippen LogP) is 3.43. The Hall–Kier alpha value is -1.31. The van der Waals surface area contributed by atoms with Crippen LogP contribution >= 0.6 is 0 Å². The zero-order valence-electron chi connectivity index (χ0n) is 8.79. The Morgan fingerprint density at radius 2 is 1.85 bits per heavy atom. The molecule has 72 valence electrons. The van der Waals surface area contributed by atoms with Crippen LogP contribution in [0.25, 0.3) is 0 Å². The minimum Gasteiger partial charge on any atom is -0.444 e. The first-order valence-corrected chi connectivity index (χ1v) is 4.26. The van der Waals surface area contributed by atoms with Crippen LogP contribution in [0.5, 0.6) is 0 Å². The predicted molar refractivity (Wildman–Crippen MR) is 57.6 cm³/mol. The highest BCUT2D eigenvalue weighted by atomic mass is 16.5. The maximum atomic E-state index is 5.38. The lowest BCUT2D eigenvalue weighted by Gasteiger charge is -2.03. The van der Waals surface area contributed by atoms with Crippen molar-refractivity contribution >= 4 is 6.21 Å². The van der Waals surface area contributed by atoms with Crippen molar-refractivity contribution < 1.29 is 4.74 Å². The Kier molecular flexibility index (Phi) is 5.60. The van der Waals surface area contributed by atoms with Gasteiger partial charge in [-0.25, -0.2) is 4.99 Å². The number of hydrogen-bond acceptors (Lipinski definition) is 2. The van der Waals surface area contributed by atoms with Crippen molar-refractivity contribution in [3.63, 3.8) is 0 Å². The molecule has 0 bridgehead atoms. The van der Waals surface area contributed by atoms with Crippen LogP contribution in [-0.4, -0.2) is 6.21 Å².